The molecule has 0 aliphatic carbocycles. The number of carbonyl (C=O) groups is 1. The van der Waals surface area contributed by atoms with E-state index in [1.807, 2.05) is 0 Å². The van der Waals surface area contributed by atoms with Crippen LogP contribution in [-0.2, 0) is 22.6 Å². The Bertz CT molecular complexity index is 1410. The van der Waals surface area contributed by atoms with Crippen LogP contribution >= 0.6 is 15.9 Å². The van der Waals surface area contributed by atoms with E-state index in [2.05, 4.69) is 30.8 Å². The third-order valence-corrected chi connectivity index (χ3v) is 6.37. The van der Waals surface area contributed by atoms with E-state index in [4.69, 9.17) is 0 Å². The fourth-order valence-corrected chi connectivity index (χ4v) is 4.74. The molecule has 178 valence electrons. The van der Waals surface area contributed by atoms with E-state index in [0.29, 0.717) is 28.7 Å². The Kier molecular flexibility index (Phi) is 6.02. The van der Waals surface area contributed by atoms with E-state index in [1.165, 1.54) is 17.0 Å². The number of fused-ring (bicyclic) bond motifs is 1. The Morgan fingerprint density at radius 1 is 1.09 bits per heavy atom. The van der Waals surface area contributed by atoms with E-state index in [1.54, 1.807) is 18.2 Å². The normalized spacial score (nSPS) is 14.1. The summed E-state index contributed by atoms with van der Waals surface area (Å²) in [6, 6.07) is 9.54. The molecule has 0 spiro atoms. The number of aromatic hydroxyl groups is 1. The number of nitrogens with zero attached hydrogens (tertiary/aromatic N) is 3. The maximum absolute atomic E-state index is 13.1. The van der Waals surface area contributed by atoms with Crippen LogP contribution in [0.15, 0.2) is 46.9 Å². The van der Waals surface area contributed by atoms with Gasteiger partial charge in [0.1, 0.15) is 5.69 Å². The standard InChI is InChI=1S/C21H16BrF3N4O4S/c1-34(32,33)28-17-10-18(26-27-19(17)30)29-7-6-12-8-11(2-4-15(12)20(29)31)14-5-3-13(9-16(14)22)21(23,24)25/h2-5,8-10H,6-7H2,1H3,(H,26,28)(H,27,30). The molecule has 1 aromatic heterocycles. The zero-order chi connectivity index (χ0) is 24.8. The molecule has 2 aromatic carbocycles. The first-order chi connectivity index (χ1) is 15.8. The van der Waals surface area contributed by atoms with Crippen molar-refractivity contribution in [1.29, 1.82) is 0 Å². The van der Waals surface area contributed by atoms with Crippen molar-refractivity contribution in [3.63, 3.8) is 0 Å². The highest BCUT2D eigenvalue weighted by Gasteiger charge is 2.31. The highest BCUT2D eigenvalue weighted by molar-refractivity contribution is 9.10. The molecule has 0 bridgehead atoms. The second-order valence-corrected chi connectivity index (χ2v) is 10.2. The number of hydrogen-bond acceptors (Lipinski definition) is 6. The molecule has 4 rings (SSSR count). The fourth-order valence-electron chi connectivity index (χ4n) is 3.58. The fraction of sp³-hybridized carbons (Fsp3) is 0.190. The van der Waals surface area contributed by atoms with Crippen molar-refractivity contribution in [2.24, 2.45) is 0 Å². The zero-order valence-electron chi connectivity index (χ0n) is 17.4. The third kappa shape index (κ3) is 4.85. The average Bonchev–Trinajstić information content (AvgIpc) is 2.74. The van der Waals surface area contributed by atoms with E-state index in [0.717, 1.165) is 18.4 Å². The molecule has 1 aliphatic rings. The number of sulfonamides is 1. The van der Waals surface area contributed by atoms with Gasteiger partial charge in [-0.05, 0) is 41.3 Å². The summed E-state index contributed by atoms with van der Waals surface area (Å²) < 4.78 is 64.2. The molecule has 13 heteroatoms. The van der Waals surface area contributed by atoms with Crippen LogP contribution in [0.1, 0.15) is 21.5 Å². The van der Waals surface area contributed by atoms with Gasteiger partial charge < -0.3 is 5.11 Å². The summed E-state index contributed by atoms with van der Waals surface area (Å²) >= 11 is 3.20. The van der Waals surface area contributed by atoms with Crippen LogP contribution in [-0.4, -0.2) is 42.4 Å². The Morgan fingerprint density at radius 3 is 2.44 bits per heavy atom. The quantitative estimate of drug-likeness (QED) is 0.498. The second kappa shape index (κ2) is 8.55. The van der Waals surface area contributed by atoms with Gasteiger partial charge in [0.25, 0.3) is 11.8 Å². The molecule has 0 radical (unpaired) electrons. The van der Waals surface area contributed by atoms with Gasteiger partial charge in [-0.2, -0.15) is 13.2 Å². The summed E-state index contributed by atoms with van der Waals surface area (Å²) in [6.07, 6.45) is -3.15. The van der Waals surface area contributed by atoms with Gasteiger partial charge in [-0.25, -0.2) is 8.42 Å². The minimum absolute atomic E-state index is 0.0501. The van der Waals surface area contributed by atoms with Crippen LogP contribution in [0.5, 0.6) is 5.88 Å². The topological polar surface area (TPSA) is 112 Å². The van der Waals surface area contributed by atoms with Gasteiger partial charge in [-0.3, -0.25) is 14.4 Å². The van der Waals surface area contributed by atoms with Gasteiger partial charge in [-0.15, -0.1) is 10.2 Å². The van der Waals surface area contributed by atoms with E-state index in [9.17, 15) is 31.5 Å². The minimum Gasteiger partial charge on any atom is -0.491 e. The molecule has 0 saturated heterocycles. The minimum atomic E-state index is -4.46. The summed E-state index contributed by atoms with van der Waals surface area (Å²) in [7, 11) is -3.70. The molecule has 0 saturated carbocycles. The smallest absolute Gasteiger partial charge is 0.416 e. The average molecular weight is 557 g/mol. The Morgan fingerprint density at radius 2 is 1.79 bits per heavy atom. The van der Waals surface area contributed by atoms with Crippen LogP contribution in [0.2, 0.25) is 0 Å². The Labute approximate surface area is 200 Å². The van der Waals surface area contributed by atoms with Crippen molar-refractivity contribution >= 4 is 43.4 Å². The number of alkyl halides is 3. The summed E-state index contributed by atoms with van der Waals surface area (Å²) in [5, 5.41) is 17.1. The van der Waals surface area contributed by atoms with Gasteiger partial charge in [0, 0.05) is 22.6 Å². The van der Waals surface area contributed by atoms with Crippen molar-refractivity contribution in [2.45, 2.75) is 12.6 Å². The number of rotatable bonds is 4. The number of nitrogens with one attached hydrogen (secondary N) is 1. The predicted octanol–water partition coefficient (Wildman–Crippen LogP) is 4.20. The lowest BCUT2D eigenvalue weighted by Crippen LogP contribution is -2.38. The highest BCUT2D eigenvalue weighted by Crippen LogP contribution is 2.37. The number of benzene rings is 2. The number of anilines is 2. The summed E-state index contributed by atoms with van der Waals surface area (Å²) in [5.41, 5.74) is 1.27. The van der Waals surface area contributed by atoms with Crippen molar-refractivity contribution in [3.05, 3.63) is 63.6 Å². The first kappa shape index (κ1) is 24.0. The lowest BCUT2D eigenvalue weighted by Gasteiger charge is -2.28. The molecule has 2 heterocycles. The Balaban J connectivity index is 1.64. The monoisotopic (exact) mass is 556 g/mol. The zero-order valence-corrected chi connectivity index (χ0v) is 19.8. The lowest BCUT2D eigenvalue weighted by molar-refractivity contribution is -0.137. The molecule has 0 unspecified atom stereocenters. The first-order valence-electron chi connectivity index (χ1n) is 9.70. The predicted molar refractivity (Wildman–Crippen MR) is 122 cm³/mol. The summed E-state index contributed by atoms with van der Waals surface area (Å²) in [6.45, 7) is 0.196. The van der Waals surface area contributed by atoms with Gasteiger partial charge in [0.2, 0.25) is 10.0 Å². The van der Waals surface area contributed by atoms with Crippen LogP contribution in [0.25, 0.3) is 11.1 Å². The van der Waals surface area contributed by atoms with Crippen molar-refractivity contribution in [2.75, 3.05) is 22.4 Å². The largest absolute Gasteiger partial charge is 0.491 e. The number of hydrogen-bond donors (Lipinski definition) is 2. The molecule has 0 atom stereocenters. The number of halogens is 4. The number of amides is 1. The van der Waals surface area contributed by atoms with Crippen LogP contribution in [0, 0.1) is 0 Å². The van der Waals surface area contributed by atoms with Gasteiger partial charge >= 0.3 is 6.18 Å². The molecule has 1 amide bonds. The van der Waals surface area contributed by atoms with Gasteiger partial charge in [-0.1, -0.05) is 34.1 Å². The SMILES string of the molecule is CS(=O)(=O)Nc1cc(N2CCc3cc(-c4ccc(C(F)(F)F)cc4Br)ccc3C2=O)nnc1O. The third-order valence-electron chi connectivity index (χ3n) is 5.13. The van der Waals surface area contributed by atoms with Crippen molar-refractivity contribution in [3.8, 4) is 17.0 Å². The summed E-state index contributed by atoms with van der Waals surface area (Å²) in [5.74, 6) is -0.996. The van der Waals surface area contributed by atoms with E-state index in [-0.39, 0.29) is 22.5 Å². The first-order valence-corrected chi connectivity index (χ1v) is 12.4. The van der Waals surface area contributed by atoms with Gasteiger partial charge in [0.15, 0.2) is 5.82 Å². The molecular weight excluding hydrogens is 541 g/mol. The number of aromatic nitrogens is 2. The van der Waals surface area contributed by atoms with E-state index < -0.39 is 33.6 Å². The maximum atomic E-state index is 13.1. The van der Waals surface area contributed by atoms with Crippen LogP contribution < -0.4 is 9.62 Å². The Hall–Kier alpha value is -3.19. The van der Waals surface area contributed by atoms with E-state index >= 15 is 0 Å². The second-order valence-electron chi connectivity index (χ2n) is 7.59. The van der Waals surface area contributed by atoms with Gasteiger partial charge in [0.05, 0.1) is 11.8 Å². The molecule has 34 heavy (non-hydrogen) atoms. The maximum Gasteiger partial charge on any atom is 0.416 e. The molecule has 1 aliphatic heterocycles. The van der Waals surface area contributed by atoms with Crippen molar-refractivity contribution in [1.82, 2.24) is 10.2 Å². The van der Waals surface area contributed by atoms with Crippen LogP contribution in [0.3, 0.4) is 0 Å². The molecule has 0 fully saturated rings. The van der Waals surface area contributed by atoms with Crippen molar-refractivity contribution < 1.29 is 31.5 Å². The lowest BCUT2D eigenvalue weighted by atomic mass is 9.93. The molecule has 8 nitrogen and oxygen atoms in total. The number of carbonyl (C=O) groups excluding carboxylic acids is 1. The molecule has 2 N–H and O–H groups in total. The molecular formula is C21H16BrF3N4O4S. The van der Waals surface area contributed by atoms with Crippen LogP contribution in [0.4, 0.5) is 24.7 Å². The molecule has 3 aromatic rings. The highest BCUT2D eigenvalue weighted by atomic mass is 79.9. The summed E-state index contributed by atoms with van der Waals surface area (Å²) in [4.78, 5) is 14.4.